The second-order valence-electron chi connectivity index (χ2n) is 3.20. The maximum absolute atomic E-state index is 8.32. The molecular weight excluding hydrogens is 172 g/mol. The zero-order valence-corrected chi connectivity index (χ0v) is 8.40. The number of nitrogens with zero attached hydrogens (tertiary/aromatic N) is 2. The van der Waals surface area contributed by atoms with Gasteiger partial charge in [0.2, 0.25) is 0 Å². The summed E-state index contributed by atoms with van der Waals surface area (Å²) in [5, 5.41) is 8.32. The zero-order chi connectivity index (χ0) is 10.2. The second kappa shape index (κ2) is 5.93. The summed E-state index contributed by atoms with van der Waals surface area (Å²) >= 11 is 0. The Morgan fingerprint density at radius 3 is 2.71 bits per heavy atom. The van der Waals surface area contributed by atoms with Crippen molar-refractivity contribution in [3.8, 4) is 6.07 Å². The molecule has 0 amide bonds. The van der Waals surface area contributed by atoms with Gasteiger partial charge in [-0.3, -0.25) is 4.99 Å². The summed E-state index contributed by atoms with van der Waals surface area (Å²) in [6, 6.07) is 10.2. The van der Waals surface area contributed by atoms with E-state index in [4.69, 9.17) is 5.26 Å². The number of hydrogen-bond donors (Lipinski definition) is 0. The fourth-order valence-electron chi connectivity index (χ4n) is 1.07. The summed E-state index contributed by atoms with van der Waals surface area (Å²) in [5.41, 5.74) is 2.22. The van der Waals surface area contributed by atoms with Crippen LogP contribution in [0, 0.1) is 18.3 Å². The molecule has 0 aliphatic carbocycles. The molecule has 0 heterocycles. The van der Waals surface area contributed by atoms with E-state index in [-0.39, 0.29) is 0 Å². The average Bonchev–Trinajstić information content (AvgIpc) is 2.21. The monoisotopic (exact) mass is 186 g/mol. The highest BCUT2D eigenvalue weighted by Gasteiger charge is 1.87. The van der Waals surface area contributed by atoms with Gasteiger partial charge in [0.1, 0.15) is 0 Å². The zero-order valence-electron chi connectivity index (χ0n) is 8.40. The van der Waals surface area contributed by atoms with Gasteiger partial charge in [-0.1, -0.05) is 17.7 Å². The molecule has 0 unspecified atom stereocenters. The minimum atomic E-state index is 0.611. The van der Waals surface area contributed by atoms with Crippen LogP contribution < -0.4 is 0 Å². The minimum Gasteiger partial charge on any atom is -0.261 e. The molecular formula is C12H14N2. The van der Waals surface area contributed by atoms with Crippen LogP contribution in [0.5, 0.6) is 0 Å². The van der Waals surface area contributed by atoms with E-state index in [1.165, 1.54) is 5.56 Å². The standard InChI is InChI=1S/C12H14N2/c1-11-5-7-12(8-6-11)14-10-4-2-3-9-13/h5-8,10H,2-4H2,1H3. The van der Waals surface area contributed by atoms with Gasteiger partial charge in [0.25, 0.3) is 0 Å². The lowest BCUT2D eigenvalue weighted by Crippen LogP contribution is -1.76. The molecule has 1 rings (SSSR count). The van der Waals surface area contributed by atoms with Crippen LogP contribution in [0.2, 0.25) is 0 Å². The van der Waals surface area contributed by atoms with Gasteiger partial charge in [0.15, 0.2) is 0 Å². The van der Waals surface area contributed by atoms with Crippen LogP contribution in [0.25, 0.3) is 0 Å². The van der Waals surface area contributed by atoms with Crippen LogP contribution in [0.15, 0.2) is 29.3 Å². The molecule has 0 saturated carbocycles. The van der Waals surface area contributed by atoms with Crippen LogP contribution in [0.3, 0.4) is 0 Å². The smallest absolute Gasteiger partial charge is 0.0625 e. The molecule has 0 bridgehead atoms. The van der Waals surface area contributed by atoms with Crippen LogP contribution >= 0.6 is 0 Å². The first-order chi connectivity index (χ1) is 6.83. The Bertz CT molecular complexity index is 330. The predicted molar refractivity (Wildman–Crippen MR) is 58.8 cm³/mol. The van der Waals surface area contributed by atoms with E-state index < -0.39 is 0 Å². The number of rotatable bonds is 4. The first-order valence-corrected chi connectivity index (χ1v) is 4.79. The van der Waals surface area contributed by atoms with Crippen molar-refractivity contribution in [2.75, 3.05) is 0 Å². The van der Waals surface area contributed by atoms with Gasteiger partial charge in [-0.25, -0.2) is 0 Å². The Morgan fingerprint density at radius 2 is 2.07 bits per heavy atom. The second-order valence-corrected chi connectivity index (χ2v) is 3.20. The van der Waals surface area contributed by atoms with Gasteiger partial charge in [-0.2, -0.15) is 5.26 Å². The van der Waals surface area contributed by atoms with Crippen molar-refractivity contribution < 1.29 is 0 Å². The highest BCUT2D eigenvalue weighted by molar-refractivity contribution is 5.63. The van der Waals surface area contributed by atoms with Crippen LogP contribution in [0.1, 0.15) is 24.8 Å². The highest BCUT2D eigenvalue weighted by Crippen LogP contribution is 2.11. The molecule has 1 aromatic rings. The summed E-state index contributed by atoms with van der Waals surface area (Å²) in [4.78, 5) is 4.28. The molecule has 0 N–H and O–H groups in total. The van der Waals surface area contributed by atoms with Gasteiger partial charge < -0.3 is 0 Å². The van der Waals surface area contributed by atoms with Crippen molar-refractivity contribution >= 4 is 11.9 Å². The van der Waals surface area contributed by atoms with Crippen molar-refractivity contribution in [2.45, 2.75) is 26.2 Å². The fraction of sp³-hybridized carbons (Fsp3) is 0.333. The predicted octanol–water partition coefficient (Wildman–Crippen LogP) is 3.39. The Labute approximate surface area is 84.9 Å². The topological polar surface area (TPSA) is 36.1 Å². The molecule has 2 heteroatoms. The number of hydrogen-bond acceptors (Lipinski definition) is 2. The molecule has 0 fully saturated rings. The van der Waals surface area contributed by atoms with E-state index in [2.05, 4.69) is 18.0 Å². The molecule has 0 spiro atoms. The van der Waals surface area contributed by atoms with E-state index in [9.17, 15) is 0 Å². The van der Waals surface area contributed by atoms with E-state index in [0.717, 1.165) is 18.5 Å². The first-order valence-electron chi connectivity index (χ1n) is 4.79. The number of aryl methyl sites for hydroxylation is 1. The lowest BCUT2D eigenvalue weighted by atomic mass is 10.2. The Morgan fingerprint density at radius 1 is 1.36 bits per heavy atom. The van der Waals surface area contributed by atoms with Crippen LogP contribution in [0.4, 0.5) is 5.69 Å². The molecule has 0 aliphatic heterocycles. The summed E-state index contributed by atoms with van der Waals surface area (Å²) in [6.45, 7) is 2.06. The van der Waals surface area contributed by atoms with Gasteiger partial charge in [0.05, 0.1) is 11.8 Å². The Hall–Kier alpha value is -1.62. The summed E-state index contributed by atoms with van der Waals surface area (Å²) in [6.07, 6.45) is 4.26. The van der Waals surface area contributed by atoms with Crippen LogP contribution in [-0.4, -0.2) is 6.21 Å². The maximum Gasteiger partial charge on any atom is 0.0625 e. The van der Waals surface area contributed by atoms with E-state index in [1.54, 1.807) is 0 Å². The molecule has 0 atom stereocenters. The quantitative estimate of drug-likeness (QED) is 0.524. The van der Waals surface area contributed by atoms with E-state index in [0.29, 0.717) is 6.42 Å². The van der Waals surface area contributed by atoms with Gasteiger partial charge in [-0.15, -0.1) is 0 Å². The van der Waals surface area contributed by atoms with Gasteiger partial charge >= 0.3 is 0 Å². The molecule has 1 aromatic carbocycles. The summed E-state index contributed by atoms with van der Waals surface area (Å²) in [7, 11) is 0. The Balaban J connectivity index is 2.37. The lowest BCUT2D eigenvalue weighted by Gasteiger charge is -1.93. The average molecular weight is 186 g/mol. The third-order valence-electron chi connectivity index (χ3n) is 1.90. The molecule has 0 aliphatic rings. The normalized spacial score (nSPS) is 10.3. The van der Waals surface area contributed by atoms with Crippen molar-refractivity contribution in [2.24, 2.45) is 4.99 Å². The van der Waals surface area contributed by atoms with Crippen molar-refractivity contribution in [3.05, 3.63) is 29.8 Å². The third-order valence-corrected chi connectivity index (χ3v) is 1.90. The molecule has 72 valence electrons. The first kappa shape index (κ1) is 10.5. The van der Waals surface area contributed by atoms with Gasteiger partial charge in [-0.05, 0) is 31.9 Å². The molecule has 0 saturated heterocycles. The Kier molecular flexibility index (Phi) is 4.43. The minimum absolute atomic E-state index is 0.611. The summed E-state index contributed by atoms with van der Waals surface area (Å²) in [5.74, 6) is 0. The van der Waals surface area contributed by atoms with Crippen LogP contribution in [-0.2, 0) is 0 Å². The number of benzene rings is 1. The van der Waals surface area contributed by atoms with Crippen molar-refractivity contribution in [1.82, 2.24) is 0 Å². The van der Waals surface area contributed by atoms with E-state index in [1.807, 2.05) is 30.5 Å². The van der Waals surface area contributed by atoms with Gasteiger partial charge in [0, 0.05) is 12.6 Å². The summed E-state index contributed by atoms with van der Waals surface area (Å²) < 4.78 is 0. The number of unbranched alkanes of at least 4 members (excludes halogenated alkanes) is 2. The van der Waals surface area contributed by atoms with Crippen molar-refractivity contribution in [3.63, 3.8) is 0 Å². The highest BCUT2D eigenvalue weighted by atomic mass is 14.7. The molecule has 0 aromatic heterocycles. The third kappa shape index (κ3) is 3.86. The maximum atomic E-state index is 8.32. The lowest BCUT2D eigenvalue weighted by molar-refractivity contribution is 0.912. The van der Waals surface area contributed by atoms with E-state index >= 15 is 0 Å². The largest absolute Gasteiger partial charge is 0.261 e. The molecule has 0 radical (unpaired) electrons. The molecule has 14 heavy (non-hydrogen) atoms. The number of nitriles is 1. The SMILES string of the molecule is Cc1ccc(N=CCCCC#N)cc1. The number of aliphatic imine (C=N–C) groups is 1. The molecule has 2 nitrogen and oxygen atoms in total. The van der Waals surface area contributed by atoms with Crippen molar-refractivity contribution in [1.29, 1.82) is 5.26 Å². The fourth-order valence-corrected chi connectivity index (χ4v) is 1.07.